The van der Waals surface area contributed by atoms with E-state index < -0.39 is 0 Å². The molecule has 0 saturated heterocycles. The zero-order chi connectivity index (χ0) is 17.2. The molecule has 0 amide bonds. The van der Waals surface area contributed by atoms with Crippen LogP contribution < -0.4 is 0 Å². The summed E-state index contributed by atoms with van der Waals surface area (Å²) in [6, 6.07) is 0. The zero-order valence-electron chi connectivity index (χ0n) is 14.8. The smallest absolute Gasteiger partial charge is 0.305 e. The normalized spacial score (nSPS) is 10.3. The number of unbranched alkanes of at least 4 members (excludes halogenated alkanes) is 7. The summed E-state index contributed by atoms with van der Waals surface area (Å²) in [5.74, 6) is -0.340. The number of hydrogen-bond donors (Lipinski definition) is 0. The average molecular weight is 326 g/mol. The van der Waals surface area contributed by atoms with Crippen LogP contribution in [-0.4, -0.2) is 25.2 Å². The molecule has 0 radical (unpaired) electrons. The zero-order valence-corrected chi connectivity index (χ0v) is 14.8. The standard InChI is InChI=1S/C19H34O4/c1-3-5-7-8-9-13-17-23-19(21)15-11-10-14-18(20)22-16-12-6-4-2/h4H,2-3,5-17H2,1H3. The number of carbonyl (C=O) groups excluding carboxylic acids is 2. The molecule has 0 bridgehead atoms. The van der Waals surface area contributed by atoms with Gasteiger partial charge in [-0.1, -0.05) is 45.1 Å². The van der Waals surface area contributed by atoms with Gasteiger partial charge < -0.3 is 9.47 Å². The van der Waals surface area contributed by atoms with E-state index in [9.17, 15) is 9.59 Å². The van der Waals surface area contributed by atoms with Crippen molar-refractivity contribution in [2.24, 2.45) is 0 Å². The third kappa shape index (κ3) is 16.9. The molecule has 0 rings (SSSR count). The molecule has 4 heteroatoms. The summed E-state index contributed by atoms with van der Waals surface area (Å²) in [6.07, 6.45) is 12.7. The van der Waals surface area contributed by atoms with Crippen molar-refractivity contribution < 1.29 is 19.1 Å². The predicted octanol–water partition coefficient (Wildman–Crippen LogP) is 4.96. The van der Waals surface area contributed by atoms with Crippen molar-refractivity contribution in [1.82, 2.24) is 0 Å². The summed E-state index contributed by atoms with van der Waals surface area (Å²) in [5.41, 5.74) is 0. The van der Waals surface area contributed by atoms with E-state index >= 15 is 0 Å². The Bertz CT molecular complexity index is 312. The molecule has 0 aliphatic rings. The monoisotopic (exact) mass is 326 g/mol. The maximum Gasteiger partial charge on any atom is 0.305 e. The van der Waals surface area contributed by atoms with Gasteiger partial charge in [-0.05, 0) is 32.1 Å². The summed E-state index contributed by atoms with van der Waals surface area (Å²) < 4.78 is 10.3. The van der Waals surface area contributed by atoms with E-state index in [-0.39, 0.29) is 11.9 Å². The number of ether oxygens (including phenoxy) is 2. The Labute approximate surface area is 141 Å². The van der Waals surface area contributed by atoms with E-state index in [1.165, 1.54) is 25.7 Å². The number of allylic oxidation sites excluding steroid dienone is 1. The van der Waals surface area contributed by atoms with Gasteiger partial charge in [0.1, 0.15) is 0 Å². The van der Waals surface area contributed by atoms with E-state index in [1.807, 2.05) is 6.08 Å². The molecule has 0 aliphatic heterocycles. The largest absolute Gasteiger partial charge is 0.466 e. The van der Waals surface area contributed by atoms with Crippen molar-refractivity contribution in [2.75, 3.05) is 13.2 Å². The summed E-state index contributed by atoms with van der Waals surface area (Å²) in [4.78, 5) is 22.9. The highest BCUT2D eigenvalue weighted by molar-refractivity contribution is 5.70. The highest BCUT2D eigenvalue weighted by Gasteiger charge is 2.06. The maximum atomic E-state index is 11.5. The lowest BCUT2D eigenvalue weighted by molar-refractivity contribution is -0.146. The minimum atomic E-state index is -0.186. The van der Waals surface area contributed by atoms with Gasteiger partial charge in [0.15, 0.2) is 0 Å². The lowest BCUT2D eigenvalue weighted by atomic mass is 10.1. The van der Waals surface area contributed by atoms with Crippen molar-refractivity contribution in [1.29, 1.82) is 0 Å². The number of hydrogen-bond acceptors (Lipinski definition) is 4. The molecule has 0 saturated carbocycles. The molecule has 0 aromatic carbocycles. The minimum Gasteiger partial charge on any atom is -0.466 e. The van der Waals surface area contributed by atoms with E-state index in [0.29, 0.717) is 38.9 Å². The lowest BCUT2D eigenvalue weighted by Crippen LogP contribution is -2.08. The van der Waals surface area contributed by atoms with E-state index in [1.54, 1.807) is 0 Å². The van der Waals surface area contributed by atoms with Crippen molar-refractivity contribution in [2.45, 2.75) is 84.0 Å². The SMILES string of the molecule is C=CCCCOC(=O)CCCCC(=O)OCCCCCCCC. The van der Waals surface area contributed by atoms with Crippen LogP contribution in [0.1, 0.15) is 84.0 Å². The maximum absolute atomic E-state index is 11.5. The first kappa shape index (κ1) is 21.7. The second-order valence-electron chi connectivity index (χ2n) is 5.85. The summed E-state index contributed by atoms with van der Waals surface area (Å²) >= 11 is 0. The molecule has 134 valence electrons. The van der Waals surface area contributed by atoms with Gasteiger partial charge in [-0.3, -0.25) is 9.59 Å². The number of rotatable bonds is 16. The van der Waals surface area contributed by atoms with Gasteiger partial charge in [0.25, 0.3) is 0 Å². The quantitative estimate of drug-likeness (QED) is 0.228. The van der Waals surface area contributed by atoms with Gasteiger partial charge in [0.2, 0.25) is 0 Å². The topological polar surface area (TPSA) is 52.6 Å². The fraction of sp³-hybridized carbons (Fsp3) is 0.789. The van der Waals surface area contributed by atoms with Gasteiger partial charge in [0, 0.05) is 12.8 Å². The molecule has 0 atom stereocenters. The molecule has 23 heavy (non-hydrogen) atoms. The van der Waals surface area contributed by atoms with Gasteiger partial charge in [0.05, 0.1) is 13.2 Å². The van der Waals surface area contributed by atoms with Crippen LogP contribution in [0.2, 0.25) is 0 Å². The molecule has 0 aromatic rings. The van der Waals surface area contributed by atoms with Gasteiger partial charge in [-0.25, -0.2) is 0 Å². The van der Waals surface area contributed by atoms with Gasteiger partial charge >= 0.3 is 11.9 Å². The number of carbonyl (C=O) groups is 2. The van der Waals surface area contributed by atoms with Crippen LogP contribution in [-0.2, 0) is 19.1 Å². The Kier molecular flexibility index (Phi) is 16.1. The van der Waals surface area contributed by atoms with Crippen LogP contribution in [0.3, 0.4) is 0 Å². The van der Waals surface area contributed by atoms with E-state index in [2.05, 4.69) is 13.5 Å². The lowest BCUT2D eigenvalue weighted by Gasteiger charge is -2.05. The van der Waals surface area contributed by atoms with Crippen LogP contribution in [0.5, 0.6) is 0 Å². The van der Waals surface area contributed by atoms with Crippen molar-refractivity contribution in [3.8, 4) is 0 Å². The molecule has 0 N–H and O–H groups in total. The van der Waals surface area contributed by atoms with E-state index in [0.717, 1.165) is 25.7 Å². The molecule has 0 fully saturated rings. The molecule has 0 aliphatic carbocycles. The Hall–Kier alpha value is -1.32. The van der Waals surface area contributed by atoms with Crippen LogP contribution in [0.4, 0.5) is 0 Å². The molecule has 0 aromatic heterocycles. The second kappa shape index (κ2) is 17.0. The van der Waals surface area contributed by atoms with Gasteiger partial charge in [-0.2, -0.15) is 0 Å². The Balaban J connectivity index is 3.32. The molecule has 0 spiro atoms. The molecule has 0 unspecified atom stereocenters. The first-order chi connectivity index (χ1) is 11.2. The van der Waals surface area contributed by atoms with Crippen molar-refractivity contribution in [3.63, 3.8) is 0 Å². The fourth-order valence-corrected chi connectivity index (χ4v) is 2.17. The first-order valence-electron chi connectivity index (χ1n) is 9.12. The third-order valence-corrected chi connectivity index (χ3v) is 3.59. The molecule has 4 nitrogen and oxygen atoms in total. The highest BCUT2D eigenvalue weighted by Crippen LogP contribution is 2.07. The van der Waals surface area contributed by atoms with Crippen molar-refractivity contribution >= 4 is 11.9 Å². The molecule has 0 heterocycles. The summed E-state index contributed by atoms with van der Waals surface area (Å²) in [7, 11) is 0. The second-order valence-corrected chi connectivity index (χ2v) is 5.85. The van der Waals surface area contributed by atoms with Gasteiger partial charge in [-0.15, -0.1) is 6.58 Å². The van der Waals surface area contributed by atoms with E-state index in [4.69, 9.17) is 9.47 Å². The highest BCUT2D eigenvalue weighted by atomic mass is 16.5. The summed E-state index contributed by atoms with van der Waals surface area (Å²) in [6.45, 7) is 6.79. The Morgan fingerprint density at radius 3 is 1.87 bits per heavy atom. The van der Waals surface area contributed by atoms with Crippen LogP contribution in [0.25, 0.3) is 0 Å². The van der Waals surface area contributed by atoms with Crippen molar-refractivity contribution in [3.05, 3.63) is 12.7 Å². The fourth-order valence-electron chi connectivity index (χ4n) is 2.17. The Morgan fingerprint density at radius 1 is 0.783 bits per heavy atom. The Morgan fingerprint density at radius 2 is 1.30 bits per heavy atom. The van der Waals surface area contributed by atoms with Crippen LogP contribution >= 0.6 is 0 Å². The minimum absolute atomic E-state index is 0.155. The number of esters is 2. The predicted molar refractivity (Wildman–Crippen MR) is 93.2 cm³/mol. The van der Waals surface area contributed by atoms with Crippen LogP contribution in [0, 0.1) is 0 Å². The average Bonchev–Trinajstić information content (AvgIpc) is 2.55. The summed E-state index contributed by atoms with van der Waals surface area (Å²) in [5, 5.41) is 0. The third-order valence-electron chi connectivity index (χ3n) is 3.59. The first-order valence-corrected chi connectivity index (χ1v) is 9.12. The molecular formula is C19H34O4. The van der Waals surface area contributed by atoms with Crippen LogP contribution in [0.15, 0.2) is 12.7 Å². The molecular weight excluding hydrogens is 292 g/mol.